The second-order valence-corrected chi connectivity index (χ2v) is 4.75. The van der Waals surface area contributed by atoms with E-state index in [1.54, 1.807) is 33.3 Å². The van der Waals surface area contributed by atoms with Crippen LogP contribution in [0.1, 0.15) is 5.56 Å². The van der Waals surface area contributed by atoms with Crippen molar-refractivity contribution in [3.63, 3.8) is 0 Å². The van der Waals surface area contributed by atoms with E-state index in [2.05, 4.69) is 5.32 Å². The van der Waals surface area contributed by atoms with E-state index < -0.39 is 0 Å². The Bertz CT molecular complexity index is 435. The molecule has 0 spiro atoms. The van der Waals surface area contributed by atoms with Crippen LogP contribution in [-0.2, 0) is 9.47 Å². The minimum atomic E-state index is -0.252. The van der Waals surface area contributed by atoms with Gasteiger partial charge in [-0.15, -0.1) is 0 Å². The zero-order valence-corrected chi connectivity index (χ0v) is 12.9. The topological polar surface area (TPSA) is 33.7 Å². The molecule has 20 heavy (non-hydrogen) atoms. The maximum atomic E-state index is 13.5. The molecule has 0 aliphatic heterocycles. The molecule has 112 valence electrons. The van der Waals surface area contributed by atoms with Gasteiger partial charge in [-0.2, -0.15) is 0 Å². The summed E-state index contributed by atoms with van der Waals surface area (Å²) in [4.78, 5) is 1.93. The summed E-state index contributed by atoms with van der Waals surface area (Å²) in [5.41, 5.74) is 1.25. The predicted molar refractivity (Wildman–Crippen MR) is 82.7 cm³/mol. The van der Waals surface area contributed by atoms with Gasteiger partial charge in [0.1, 0.15) is 5.82 Å². The lowest BCUT2D eigenvalue weighted by Gasteiger charge is -2.25. The number of methoxy groups -OCH3 is 2. The van der Waals surface area contributed by atoms with E-state index in [9.17, 15) is 4.39 Å². The number of nitrogens with zero attached hydrogens (tertiary/aromatic N) is 1. The van der Waals surface area contributed by atoms with E-state index >= 15 is 0 Å². The first-order valence-corrected chi connectivity index (χ1v) is 6.79. The first-order chi connectivity index (χ1) is 9.58. The second-order valence-electron chi connectivity index (χ2n) is 4.37. The van der Waals surface area contributed by atoms with Crippen molar-refractivity contribution < 1.29 is 13.9 Å². The number of ether oxygens (including phenoxy) is 2. The molecule has 0 fully saturated rings. The average molecular weight is 300 g/mol. The number of thiocarbonyl (C=S) groups is 1. The van der Waals surface area contributed by atoms with Gasteiger partial charge in [-0.3, -0.25) is 0 Å². The molecule has 4 nitrogen and oxygen atoms in total. The van der Waals surface area contributed by atoms with Gasteiger partial charge in [0.2, 0.25) is 0 Å². The van der Waals surface area contributed by atoms with Gasteiger partial charge in [0, 0.05) is 33.0 Å². The lowest BCUT2D eigenvalue weighted by atomic mass is 10.2. The number of halogens is 1. The van der Waals surface area contributed by atoms with E-state index in [4.69, 9.17) is 21.7 Å². The zero-order valence-electron chi connectivity index (χ0n) is 12.1. The van der Waals surface area contributed by atoms with E-state index in [0.717, 1.165) is 0 Å². The molecule has 0 aromatic heterocycles. The van der Waals surface area contributed by atoms with Gasteiger partial charge in [0.05, 0.1) is 13.2 Å². The molecule has 6 heteroatoms. The lowest BCUT2D eigenvalue weighted by molar-refractivity contribution is 0.147. The molecular weight excluding hydrogens is 279 g/mol. The van der Waals surface area contributed by atoms with E-state index in [1.807, 2.05) is 4.90 Å². The van der Waals surface area contributed by atoms with Crippen LogP contribution in [0.3, 0.4) is 0 Å². The number of nitrogens with one attached hydrogen (secondary N) is 1. The molecule has 0 saturated heterocycles. The van der Waals surface area contributed by atoms with Crippen LogP contribution >= 0.6 is 12.2 Å². The SMILES string of the molecule is COCCN(CCOC)C(=S)Nc1ccc(C)c(F)c1. The van der Waals surface area contributed by atoms with Gasteiger partial charge < -0.3 is 19.7 Å². The Morgan fingerprint density at radius 2 is 1.85 bits per heavy atom. The van der Waals surface area contributed by atoms with Gasteiger partial charge in [-0.05, 0) is 36.8 Å². The molecule has 0 aliphatic carbocycles. The third-order valence-electron chi connectivity index (χ3n) is 2.84. The Morgan fingerprint density at radius 3 is 2.35 bits per heavy atom. The Morgan fingerprint density at radius 1 is 1.25 bits per heavy atom. The molecule has 0 amide bonds. The van der Waals surface area contributed by atoms with Crippen molar-refractivity contribution >= 4 is 23.0 Å². The molecule has 0 saturated carbocycles. The van der Waals surface area contributed by atoms with Gasteiger partial charge in [-0.1, -0.05) is 6.07 Å². The predicted octanol–water partition coefficient (Wildman–Crippen LogP) is 2.43. The number of hydrogen-bond donors (Lipinski definition) is 1. The summed E-state index contributed by atoms with van der Waals surface area (Å²) in [7, 11) is 3.28. The first-order valence-electron chi connectivity index (χ1n) is 6.38. The van der Waals surface area contributed by atoms with Crippen molar-refractivity contribution in [2.24, 2.45) is 0 Å². The van der Waals surface area contributed by atoms with Crippen LogP contribution in [0.2, 0.25) is 0 Å². The fraction of sp³-hybridized carbons (Fsp3) is 0.500. The fourth-order valence-electron chi connectivity index (χ4n) is 1.59. The van der Waals surface area contributed by atoms with Crippen molar-refractivity contribution in [3.05, 3.63) is 29.6 Å². The molecule has 1 N–H and O–H groups in total. The van der Waals surface area contributed by atoms with Gasteiger partial charge >= 0.3 is 0 Å². The van der Waals surface area contributed by atoms with Gasteiger partial charge in [0.15, 0.2) is 5.11 Å². The molecule has 0 aliphatic rings. The maximum Gasteiger partial charge on any atom is 0.173 e. The van der Waals surface area contributed by atoms with Crippen molar-refractivity contribution in [2.45, 2.75) is 6.92 Å². The summed E-state index contributed by atoms with van der Waals surface area (Å²) in [6.07, 6.45) is 0. The van der Waals surface area contributed by atoms with Crippen LogP contribution in [0, 0.1) is 12.7 Å². The molecular formula is C14H21FN2O2S. The molecule has 0 radical (unpaired) electrons. The Hall–Kier alpha value is -1.24. The molecule has 1 aromatic rings. The van der Waals surface area contributed by atoms with Crippen LogP contribution in [0.5, 0.6) is 0 Å². The van der Waals surface area contributed by atoms with Gasteiger partial charge in [-0.25, -0.2) is 4.39 Å². The molecule has 0 bridgehead atoms. The quantitative estimate of drug-likeness (QED) is 0.782. The third kappa shape index (κ3) is 5.40. The largest absolute Gasteiger partial charge is 0.383 e. The summed E-state index contributed by atoms with van der Waals surface area (Å²) in [5.74, 6) is -0.252. The molecule has 1 aromatic carbocycles. The second kappa shape index (κ2) is 8.84. The molecule has 0 heterocycles. The highest BCUT2D eigenvalue weighted by molar-refractivity contribution is 7.80. The van der Waals surface area contributed by atoms with Crippen molar-refractivity contribution in [1.29, 1.82) is 0 Å². The highest BCUT2D eigenvalue weighted by Crippen LogP contribution is 2.14. The lowest BCUT2D eigenvalue weighted by Crippen LogP contribution is -2.39. The average Bonchev–Trinajstić information content (AvgIpc) is 2.43. The highest BCUT2D eigenvalue weighted by atomic mass is 32.1. The summed E-state index contributed by atoms with van der Waals surface area (Å²) in [6.45, 7) is 4.16. The van der Waals surface area contributed by atoms with E-state index in [0.29, 0.717) is 42.7 Å². The normalized spacial score (nSPS) is 10.4. The molecule has 0 unspecified atom stereocenters. The van der Waals surface area contributed by atoms with Crippen LogP contribution in [0.4, 0.5) is 10.1 Å². The van der Waals surface area contributed by atoms with E-state index in [-0.39, 0.29) is 5.82 Å². The van der Waals surface area contributed by atoms with Crippen LogP contribution in [0.25, 0.3) is 0 Å². The van der Waals surface area contributed by atoms with E-state index in [1.165, 1.54) is 6.07 Å². The number of hydrogen-bond acceptors (Lipinski definition) is 3. The minimum Gasteiger partial charge on any atom is -0.383 e. The highest BCUT2D eigenvalue weighted by Gasteiger charge is 2.10. The van der Waals surface area contributed by atoms with Gasteiger partial charge in [0.25, 0.3) is 0 Å². The maximum absolute atomic E-state index is 13.5. The minimum absolute atomic E-state index is 0.252. The van der Waals surface area contributed by atoms with Crippen molar-refractivity contribution in [2.75, 3.05) is 45.8 Å². The van der Waals surface area contributed by atoms with Crippen LogP contribution in [0.15, 0.2) is 18.2 Å². The van der Waals surface area contributed by atoms with Crippen molar-refractivity contribution in [3.8, 4) is 0 Å². The Kier molecular flexibility index (Phi) is 7.43. The summed E-state index contributed by atoms with van der Waals surface area (Å²) in [5, 5.41) is 3.56. The fourth-order valence-corrected chi connectivity index (χ4v) is 1.89. The van der Waals surface area contributed by atoms with Crippen molar-refractivity contribution in [1.82, 2.24) is 4.90 Å². The number of rotatable bonds is 7. The Balaban J connectivity index is 2.65. The number of benzene rings is 1. The smallest absolute Gasteiger partial charge is 0.173 e. The Labute approximate surface area is 124 Å². The first kappa shape index (κ1) is 16.8. The molecule has 0 atom stereocenters. The summed E-state index contributed by atoms with van der Waals surface area (Å²) in [6, 6.07) is 4.96. The standard InChI is InChI=1S/C14H21FN2O2S/c1-11-4-5-12(10-13(11)15)16-14(20)17(6-8-18-2)7-9-19-3/h4-5,10H,6-9H2,1-3H3,(H,16,20). The zero-order chi connectivity index (χ0) is 15.0. The van der Waals surface area contributed by atoms with Crippen LogP contribution < -0.4 is 5.32 Å². The summed E-state index contributed by atoms with van der Waals surface area (Å²) < 4.78 is 23.6. The third-order valence-corrected chi connectivity index (χ3v) is 3.20. The summed E-state index contributed by atoms with van der Waals surface area (Å²) >= 11 is 5.34. The van der Waals surface area contributed by atoms with Crippen LogP contribution in [-0.4, -0.2) is 50.5 Å². The monoisotopic (exact) mass is 300 g/mol. The number of anilines is 1. The molecule has 1 rings (SSSR count). The number of aryl methyl sites for hydroxylation is 1.